The minimum atomic E-state index is -1.24. The number of carbonyl (C=O) groups is 1. The van der Waals surface area contributed by atoms with E-state index in [2.05, 4.69) is 4.74 Å². The second kappa shape index (κ2) is 3.41. The summed E-state index contributed by atoms with van der Waals surface area (Å²) in [5.41, 5.74) is -1.24. The van der Waals surface area contributed by atoms with E-state index in [-0.39, 0.29) is 6.42 Å². The molecule has 0 spiro atoms. The second-order valence-electron chi connectivity index (χ2n) is 3.26. The molecule has 1 aliphatic rings. The Balaban J connectivity index is 2.53. The van der Waals surface area contributed by atoms with Crippen LogP contribution in [0.5, 0.6) is 0 Å². The number of carbonyl (C=O) groups excluding carboxylic acids is 1. The van der Waals surface area contributed by atoms with Crippen molar-refractivity contribution >= 4 is 5.97 Å². The molecule has 0 aliphatic heterocycles. The summed E-state index contributed by atoms with van der Waals surface area (Å²) in [6.07, 6.45) is 0.910. The van der Waals surface area contributed by atoms with E-state index in [1.165, 1.54) is 7.11 Å². The number of methoxy groups -OCH3 is 1. The lowest BCUT2D eigenvalue weighted by atomic mass is 9.96. The fraction of sp³-hybridized carbons (Fsp3) is 0.875. The number of ether oxygens (including phenoxy) is 1. The molecule has 0 aromatic rings. The molecule has 0 heterocycles. The van der Waals surface area contributed by atoms with E-state index in [9.17, 15) is 15.0 Å². The molecule has 1 rings (SSSR count). The van der Waals surface area contributed by atoms with Gasteiger partial charge in [0, 0.05) is 0 Å². The molecular weight excluding hydrogens is 160 g/mol. The van der Waals surface area contributed by atoms with Crippen LogP contribution < -0.4 is 0 Å². The Kier molecular flexibility index (Phi) is 2.69. The van der Waals surface area contributed by atoms with Crippen molar-refractivity contribution in [1.82, 2.24) is 0 Å². The van der Waals surface area contributed by atoms with Crippen molar-refractivity contribution < 1.29 is 19.7 Å². The molecular formula is C8H14O4. The second-order valence-corrected chi connectivity index (χ2v) is 3.26. The van der Waals surface area contributed by atoms with Crippen molar-refractivity contribution in [3.63, 3.8) is 0 Å². The lowest BCUT2D eigenvalue weighted by Crippen LogP contribution is -2.39. The number of hydrogen-bond donors (Lipinski definition) is 2. The first-order valence-corrected chi connectivity index (χ1v) is 4.06. The minimum absolute atomic E-state index is 0.106. The highest BCUT2D eigenvalue weighted by molar-refractivity contribution is 5.70. The number of hydrogen-bond acceptors (Lipinski definition) is 4. The van der Waals surface area contributed by atoms with Crippen molar-refractivity contribution in [2.24, 2.45) is 0 Å². The Morgan fingerprint density at radius 3 is 2.83 bits per heavy atom. The average molecular weight is 174 g/mol. The van der Waals surface area contributed by atoms with Gasteiger partial charge in [-0.2, -0.15) is 0 Å². The highest BCUT2D eigenvalue weighted by atomic mass is 16.5. The van der Waals surface area contributed by atoms with Gasteiger partial charge < -0.3 is 14.9 Å². The summed E-state index contributed by atoms with van der Waals surface area (Å²) < 4.78 is 4.42. The topological polar surface area (TPSA) is 66.8 Å². The first kappa shape index (κ1) is 9.48. The van der Waals surface area contributed by atoms with Crippen molar-refractivity contribution in [3.05, 3.63) is 0 Å². The van der Waals surface area contributed by atoms with E-state index in [1.54, 1.807) is 0 Å². The Morgan fingerprint density at radius 1 is 1.75 bits per heavy atom. The summed E-state index contributed by atoms with van der Waals surface area (Å²) in [5.74, 6) is -0.474. The zero-order chi connectivity index (χ0) is 9.19. The first-order chi connectivity index (χ1) is 5.58. The van der Waals surface area contributed by atoms with Gasteiger partial charge >= 0.3 is 5.97 Å². The first-order valence-electron chi connectivity index (χ1n) is 4.06. The molecule has 1 fully saturated rings. The van der Waals surface area contributed by atoms with Gasteiger partial charge in [0.05, 0.1) is 19.6 Å². The quantitative estimate of drug-likeness (QED) is 0.570. The van der Waals surface area contributed by atoms with Gasteiger partial charge in [0.1, 0.15) is 5.60 Å². The van der Waals surface area contributed by atoms with Gasteiger partial charge in [-0.3, -0.25) is 4.79 Å². The third kappa shape index (κ3) is 1.76. The summed E-state index contributed by atoms with van der Waals surface area (Å²) in [6, 6.07) is 0. The maximum absolute atomic E-state index is 10.8. The van der Waals surface area contributed by atoms with E-state index in [0.29, 0.717) is 12.8 Å². The standard InChI is InChI=1S/C8H14O4/c1-12-7(10)5-8(11)4-2-3-6(8)9/h6,9,11H,2-5H2,1H3/t6-,8-/m1/s1. The molecule has 1 saturated carbocycles. The van der Waals surface area contributed by atoms with E-state index in [0.717, 1.165) is 6.42 Å². The van der Waals surface area contributed by atoms with Crippen LogP contribution in [0.25, 0.3) is 0 Å². The van der Waals surface area contributed by atoms with Gasteiger partial charge in [-0.1, -0.05) is 0 Å². The van der Waals surface area contributed by atoms with Crippen LogP contribution in [0.4, 0.5) is 0 Å². The third-order valence-corrected chi connectivity index (χ3v) is 2.39. The third-order valence-electron chi connectivity index (χ3n) is 2.39. The van der Waals surface area contributed by atoms with Crippen LogP contribution >= 0.6 is 0 Å². The molecule has 0 amide bonds. The Labute approximate surface area is 71.2 Å². The van der Waals surface area contributed by atoms with Gasteiger partial charge in [0.25, 0.3) is 0 Å². The van der Waals surface area contributed by atoms with Gasteiger partial charge in [0.2, 0.25) is 0 Å². The molecule has 0 radical (unpaired) electrons. The zero-order valence-electron chi connectivity index (χ0n) is 7.12. The van der Waals surface area contributed by atoms with Crippen molar-refractivity contribution in [2.45, 2.75) is 37.4 Å². The number of aliphatic hydroxyl groups is 2. The SMILES string of the molecule is COC(=O)C[C@]1(O)CCC[C@H]1O. The van der Waals surface area contributed by atoms with E-state index >= 15 is 0 Å². The molecule has 0 aromatic carbocycles. The van der Waals surface area contributed by atoms with Gasteiger partial charge in [-0.25, -0.2) is 0 Å². The summed E-state index contributed by atoms with van der Waals surface area (Å²) >= 11 is 0. The molecule has 1 aliphatic carbocycles. The summed E-state index contributed by atoms with van der Waals surface area (Å²) in [7, 11) is 1.27. The Hall–Kier alpha value is -0.610. The van der Waals surface area contributed by atoms with Crippen molar-refractivity contribution in [2.75, 3.05) is 7.11 Å². The number of aliphatic hydroxyl groups excluding tert-OH is 1. The highest BCUT2D eigenvalue weighted by Gasteiger charge is 2.42. The van der Waals surface area contributed by atoms with E-state index in [4.69, 9.17) is 0 Å². The average Bonchev–Trinajstić information content (AvgIpc) is 2.32. The maximum atomic E-state index is 10.8. The van der Waals surface area contributed by atoms with Crippen LogP contribution in [-0.2, 0) is 9.53 Å². The monoisotopic (exact) mass is 174 g/mol. The van der Waals surface area contributed by atoms with E-state index < -0.39 is 17.7 Å². The van der Waals surface area contributed by atoms with Crippen LogP contribution in [0.2, 0.25) is 0 Å². The Bertz CT molecular complexity index is 180. The molecule has 2 atom stereocenters. The summed E-state index contributed by atoms with van der Waals surface area (Å²) in [5, 5.41) is 19.0. The fourth-order valence-corrected chi connectivity index (χ4v) is 1.57. The zero-order valence-corrected chi connectivity index (χ0v) is 7.12. The predicted molar refractivity (Wildman–Crippen MR) is 41.4 cm³/mol. The smallest absolute Gasteiger partial charge is 0.308 e. The minimum Gasteiger partial charge on any atom is -0.469 e. The molecule has 0 bridgehead atoms. The lowest BCUT2D eigenvalue weighted by molar-refractivity contribution is -0.150. The molecule has 0 saturated heterocycles. The number of rotatable bonds is 2. The van der Waals surface area contributed by atoms with Gasteiger partial charge in [-0.15, -0.1) is 0 Å². The summed E-state index contributed by atoms with van der Waals surface area (Å²) in [4.78, 5) is 10.8. The molecule has 2 N–H and O–H groups in total. The molecule has 0 aromatic heterocycles. The highest BCUT2D eigenvalue weighted by Crippen LogP contribution is 2.32. The van der Waals surface area contributed by atoms with Crippen LogP contribution in [0.3, 0.4) is 0 Å². The Morgan fingerprint density at radius 2 is 2.42 bits per heavy atom. The van der Waals surface area contributed by atoms with Gasteiger partial charge in [0.15, 0.2) is 0 Å². The van der Waals surface area contributed by atoms with Crippen LogP contribution in [0.1, 0.15) is 25.7 Å². The fourth-order valence-electron chi connectivity index (χ4n) is 1.57. The maximum Gasteiger partial charge on any atom is 0.308 e. The largest absolute Gasteiger partial charge is 0.469 e. The van der Waals surface area contributed by atoms with Gasteiger partial charge in [-0.05, 0) is 19.3 Å². The predicted octanol–water partition coefficient (Wildman–Crippen LogP) is -0.175. The van der Waals surface area contributed by atoms with Crippen molar-refractivity contribution in [3.8, 4) is 0 Å². The molecule has 12 heavy (non-hydrogen) atoms. The molecule has 0 unspecified atom stereocenters. The molecule has 4 nitrogen and oxygen atoms in total. The lowest BCUT2D eigenvalue weighted by Gasteiger charge is -2.24. The molecule has 70 valence electrons. The number of esters is 1. The van der Waals surface area contributed by atoms with Crippen LogP contribution in [0, 0.1) is 0 Å². The van der Waals surface area contributed by atoms with Crippen molar-refractivity contribution in [1.29, 1.82) is 0 Å². The molecule has 4 heteroatoms. The van der Waals surface area contributed by atoms with E-state index in [1.807, 2.05) is 0 Å². The van der Waals surface area contributed by atoms with Crippen LogP contribution in [0.15, 0.2) is 0 Å². The normalized spacial score (nSPS) is 35.1. The van der Waals surface area contributed by atoms with Crippen LogP contribution in [-0.4, -0.2) is 35.0 Å². The summed E-state index contributed by atoms with van der Waals surface area (Å²) in [6.45, 7) is 0.